The van der Waals surface area contributed by atoms with Crippen molar-refractivity contribution in [3.8, 4) is 11.5 Å². The van der Waals surface area contributed by atoms with E-state index in [4.69, 9.17) is 9.47 Å². The summed E-state index contributed by atoms with van der Waals surface area (Å²) < 4.78 is 12.8. The van der Waals surface area contributed by atoms with E-state index in [1.54, 1.807) is 0 Å². The molecule has 1 aliphatic heterocycles. The summed E-state index contributed by atoms with van der Waals surface area (Å²) in [7, 11) is 1.93. The Morgan fingerprint density at radius 2 is 1.90 bits per heavy atom. The number of amides is 1. The fourth-order valence-corrected chi connectivity index (χ4v) is 4.15. The molecule has 1 amide bonds. The van der Waals surface area contributed by atoms with Crippen LogP contribution in [0.5, 0.6) is 11.5 Å². The van der Waals surface area contributed by atoms with Crippen LogP contribution in [-0.2, 0) is 24.9 Å². The van der Waals surface area contributed by atoms with Gasteiger partial charge in [0.2, 0.25) is 12.7 Å². The lowest BCUT2D eigenvalue weighted by Gasteiger charge is -2.22. The van der Waals surface area contributed by atoms with Crippen molar-refractivity contribution in [2.24, 2.45) is 13.0 Å². The van der Waals surface area contributed by atoms with Crippen molar-refractivity contribution in [2.45, 2.75) is 32.4 Å². The molecule has 5 rings (SSSR count). The number of benzene rings is 2. The van der Waals surface area contributed by atoms with Gasteiger partial charge in [-0.2, -0.15) is 5.10 Å². The second-order valence-corrected chi connectivity index (χ2v) is 8.14. The van der Waals surface area contributed by atoms with Crippen LogP contribution in [0.2, 0.25) is 0 Å². The summed E-state index contributed by atoms with van der Waals surface area (Å²) in [5.41, 5.74) is 4.25. The largest absolute Gasteiger partial charge is 0.454 e. The van der Waals surface area contributed by atoms with E-state index in [-0.39, 0.29) is 18.6 Å². The number of carbonyl (C=O) groups excluding carboxylic acids is 1. The Morgan fingerprint density at radius 3 is 2.67 bits per heavy atom. The van der Waals surface area contributed by atoms with Crippen LogP contribution >= 0.6 is 0 Å². The normalized spacial score (nSPS) is 19.0. The second-order valence-electron chi connectivity index (χ2n) is 8.14. The van der Waals surface area contributed by atoms with Crippen molar-refractivity contribution < 1.29 is 14.3 Å². The third kappa shape index (κ3) is 3.65. The highest BCUT2D eigenvalue weighted by Gasteiger charge is 2.45. The molecule has 3 aromatic rings. The first-order chi connectivity index (χ1) is 14.6. The molecule has 6 nitrogen and oxygen atoms in total. The summed E-state index contributed by atoms with van der Waals surface area (Å²) in [6, 6.07) is 18.2. The van der Waals surface area contributed by atoms with E-state index in [9.17, 15) is 4.79 Å². The first kappa shape index (κ1) is 18.7. The standard InChI is InChI=1S/C24H25N3O3/c1-16-10-19(25-26(16)2)14-27(13-17-8-9-22-23(11-17)30-15-29-22)24(28)21-12-20(21)18-6-4-3-5-7-18/h3-11,20-21H,12-15H2,1-2H3/t20-,21+/m0/s1. The average molecular weight is 403 g/mol. The molecule has 1 aromatic heterocycles. The molecule has 154 valence electrons. The molecule has 0 saturated heterocycles. The van der Waals surface area contributed by atoms with Gasteiger partial charge in [-0.05, 0) is 48.6 Å². The molecule has 0 N–H and O–H groups in total. The zero-order valence-electron chi connectivity index (χ0n) is 17.2. The van der Waals surface area contributed by atoms with E-state index < -0.39 is 0 Å². The summed E-state index contributed by atoms with van der Waals surface area (Å²) in [5, 5.41) is 4.57. The van der Waals surface area contributed by atoms with Crippen LogP contribution in [0.1, 0.15) is 34.9 Å². The highest BCUT2D eigenvalue weighted by atomic mass is 16.7. The fourth-order valence-electron chi connectivity index (χ4n) is 4.15. The van der Waals surface area contributed by atoms with Gasteiger partial charge in [0.05, 0.1) is 12.2 Å². The molecular formula is C24H25N3O3. The van der Waals surface area contributed by atoms with Gasteiger partial charge >= 0.3 is 0 Å². The first-order valence-electron chi connectivity index (χ1n) is 10.3. The van der Waals surface area contributed by atoms with Gasteiger partial charge in [0.25, 0.3) is 0 Å². The minimum atomic E-state index is 0.0335. The summed E-state index contributed by atoms with van der Waals surface area (Å²) in [5.74, 6) is 2.02. The second kappa shape index (κ2) is 7.52. The Kier molecular flexibility index (Phi) is 4.69. The van der Waals surface area contributed by atoms with Gasteiger partial charge in [-0.15, -0.1) is 0 Å². The minimum absolute atomic E-state index is 0.0335. The van der Waals surface area contributed by atoms with Crippen molar-refractivity contribution in [3.05, 3.63) is 77.1 Å². The lowest BCUT2D eigenvalue weighted by molar-refractivity contribution is -0.134. The highest BCUT2D eigenvalue weighted by Crippen LogP contribution is 2.48. The smallest absolute Gasteiger partial charge is 0.231 e. The first-order valence-corrected chi connectivity index (χ1v) is 10.3. The van der Waals surface area contributed by atoms with Crippen LogP contribution in [0.25, 0.3) is 0 Å². The third-order valence-electron chi connectivity index (χ3n) is 5.97. The molecule has 1 saturated carbocycles. The maximum absolute atomic E-state index is 13.5. The number of hydrogen-bond donors (Lipinski definition) is 0. The van der Waals surface area contributed by atoms with Gasteiger partial charge in [-0.1, -0.05) is 36.4 Å². The Labute approximate surface area is 176 Å². The molecule has 30 heavy (non-hydrogen) atoms. The molecule has 2 atom stereocenters. The summed E-state index contributed by atoms with van der Waals surface area (Å²) >= 11 is 0. The maximum atomic E-state index is 13.5. The number of aromatic nitrogens is 2. The number of ether oxygens (including phenoxy) is 2. The third-order valence-corrected chi connectivity index (χ3v) is 5.97. The SMILES string of the molecule is Cc1cc(CN(Cc2ccc3c(c2)OCO3)C(=O)[C@@H]2C[C@H]2c2ccccc2)nn1C. The molecule has 1 aliphatic carbocycles. The number of nitrogens with zero attached hydrogens (tertiary/aromatic N) is 3. The molecule has 0 spiro atoms. The van der Waals surface area contributed by atoms with E-state index in [2.05, 4.69) is 17.2 Å². The van der Waals surface area contributed by atoms with Gasteiger partial charge in [-0.3, -0.25) is 9.48 Å². The quantitative estimate of drug-likeness (QED) is 0.628. The number of fused-ring (bicyclic) bond motifs is 1. The van der Waals surface area contributed by atoms with Crippen LogP contribution in [0.3, 0.4) is 0 Å². The topological polar surface area (TPSA) is 56.6 Å². The van der Waals surface area contributed by atoms with E-state index >= 15 is 0 Å². The zero-order chi connectivity index (χ0) is 20.7. The number of hydrogen-bond acceptors (Lipinski definition) is 4. The van der Waals surface area contributed by atoms with Gasteiger partial charge in [-0.25, -0.2) is 0 Å². The monoisotopic (exact) mass is 403 g/mol. The summed E-state index contributed by atoms with van der Waals surface area (Å²) in [6.07, 6.45) is 0.904. The van der Waals surface area contributed by atoms with Gasteiger partial charge < -0.3 is 14.4 Å². The highest BCUT2D eigenvalue weighted by molar-refractivity contribution is 5.83. The summed E-state index contributed by atoms with van der Waals surface area (Å²) in [6.45, 7) is 3.28. The van der Waals surface area contributed by atoms with Crippen molar-refractivity contribution in [3.63, 3.8) is 0 Å². The predicted octanol–water partition coefficient (Wildman–Crippen LogP) is 3.79. The van der Waals surface area contributed by atoms with Gasteiger partial charge in [0, 0.05) is 25.2 Å². The van der Waals surface area contributed by atoms with Crippen LogP contribution in [-0.4, -0.2) is 27.4 Å². The van der Waals surface area contributed by atoms with Crippen molar-refractivity contribution in [1.82, 2.24) is 14.7 Å². The minimum Gasteiger partial charge on any atom is -0.454 e. The number of aryl methyl sites for hydroxylation is 2. The van der Waals surface area contributed by atoms with E-state index in [0.717, 1.165) is 34.9 Å². The van der Waals surface area contributed by atoms with Crippen LogP contribution in [0.4, 0.5) is 0 Å². The number of rotatable bonds is 6. The molecule has 0 radical (unpaired) electrons. The molecule has 0 unspecified atom stereocenters. The Balaban J connectivity index is 1.37. The lowest BCUT2D eigenvalue weighted by Crippen LogP contribution is -2.32. The van der Waals surface area contributed by atoms with Gasteiger partial charge in [0.15, 0.2) is 11.5 Å². The molecule has 1 fully saturated rings. The molecule has 2 aliphatic rings. The molecule has 2 heterocycles. The van der Waals surface area contributed by atoms with Crippen molar-refractivity contribution in [2.75, 3.05) is 6.79 Å². The van der Waals surface area contributed by atoms with Crippen LogP contribution in [0, 0.1) is 12.8 Å². The van der Waals surface area contributed by atoms with Crippen molar-refractivity contribution in [1.29, 1.82) is 0 Å². The lowest BCUT2D eigenvalue weighted by atomic mass is 10.1. The van der Waals surface area contributed by atoms with Gasteiger partial charge in [0.1, 0.15) is 0 Å². The molecular weight excluding hydrogens is 378 g/mol. The van der Waals surface area contributed by atoms with Crippen LogP contribution in [0.15, 0.2) is 54.6 Å². The zero-order valence-corrected chi connectivity index (χ0v) is 17.2. The Bertz CT molecular complexity index is 1060. The Hall–Kier alpha value is -3.28. The van der Waals surface area contributed by atoms with E-state index in [1.165, 1.54) is 5.56 Å². The molecule has 2 aromatic carbocycles. The number of carbonyl (C=O) groups is 1. The Morgan fingerprint density at radius 1 is 1.10 bits per heavy atom. The van der Waals surface area contributed by atoms with E-state index in [1.807, 2.05) is 66.0 Å². The van der Waals surface area contributed by atoms with Crippen LogP contribution < -0.4 is 9.47 Å². The maximum Gasteiger partial charge on any atom is 0.231 e. The average Bonchev–Trinajstić information content (AvgIpc) is 3.31. The van der Waals surface area contributed by atoms with E-state index in [0.29, 0.717) is 19.0 Å². The fraction of sp³-hybridized carbons (Fsp3) is 0.333. The predicted molar refractivity (Wildman–Crippen MR) is 112 cm³/mol. The summed E-state index contributed by atoms with van der Waals surface area (Å²) in [4.78, 5) is 15.4. The molecule has 6 heteroatoms. The molecule has 0 bridgehead atoms. The van der Waals surface area contributed by atoms with Crippen molar-refractivity contribution >= 4 is 5.91 Å².